The maximum absolute atomic E-state index is 12.0. The summed E-state index contributed by atoms with van der Waals surface area (Å²) in [5.41, 5.74) is 0.844. The number of halogens is 3. The Labute approximate surface area is 113 Å². The molecular weight excluding hydrogens is 271 g/mol. The molecule has 0 saturated carbocycles. The number of alkyl halides is 3. The van der Waals surface area contributed by atoms with Crippen LogP contribution < -0.4 is 10.1 Å². The molecule has 0 saturated heterocycles. The minimum atomic E-state index is -4.73. The Morgan fingerprint density at radius 2 is 1.55 bits per heavy atom. The predicted molar refractivity (Wildman–Crippen MR) is 67.5 cm³/mol. The number of anilines is 1. The molecule has 0 unspecified atom stereocenters. The number of ether oxygens (including phenoxy) is 1. The number of hydrogen-bond acceptors (Lipinski definition) is 2. The van der Waals surface area contributed by atoms with Crippen LogP contribution in [0.3, 0.4) is 0 Å². The van der Waals surface area contributed by atoms with Gasteiger partial charge in [0, 0.05) is 11.3 Å². The van der Waals surface area contributed by atoms with Gasteiger partial charge in [0.15, 0.2) is 0 Å². The Morgan fingerprint density at radius 1 is 0.950 bits per heavy atom. The second kappa shape index (κ2) is 5.64. The summed E-state index contributed by atoms with van der Waals surface area (Å²) in [7, 11) is 0. The fourth-order valence-corrected chi connectivity index (χ4v) is 1.53. The SMILES string of the molecule is O=C(Nc1ccc(OC(F)(F)F)cc1)c1ccccc1. The lowest BCUT2D eigenvalue weighted by molar-refractivity contribution is -0.274. The van der Waals surface area contributed by atoms with Crippen molar-refractivity contribution in [3.8, 4) is 5.75 Å². The molecule has 104 valence electrons. The van der Waals surface area contributed by atoms with Crippen LogP contribution in [0.4, 0.5) is 18.9 Å². The standard InChI is InChI=1S/C14H10F3NO2/c15-14(16,17)20-12-8-6-11(7-9-12)18-13(19)10-4-2-1-3-5-10/h1-9H,(H,18,19). The van der Waals surface area contributed by atoms with Gasteiger partial charge in [0.05, 0.1) is 0 Å². The third-order valence-corrected chi connectivity index (χ3v) is 2.38. The second-order valence-electron chi connectivity index (χ2n) is 3.89. The predicted octanol–water partition coefficient (Wildman–Crippen LogP) is 3.84. The molecule has 2 aromatic carbocycles. The molecule has 20 heavy (non-hydrogen) atoms. The quantitative estimate of drug-likeness (QED) is 0.928. The van der Waals surface area contributed by atoms with Crippen molar-refractivity contribution in [3.63, 3.8) is 0 Å². The molecule has 0 aliphatic rings. The summed E-state index contributed by atoms with van der Waals surface area (Å²) in [6.45, 7) is 0. The van der Waals surface area contributed by atoms with E-state index < -0.39 is 6.36 Å². The molecule has 0 heterocycles. The summed E-state index contributed by atoms with van der Waals surface area (Å²) in [6.07, 6.45) is -4.73. The minimum Gasteiger partial charge on any atom is -0.406 e. The zero-order chi connectivity index (χ0) is 14.6. The van der Waals surface area contributed by atoms with Crippen LogP contribution >= 0.6 is 0 Å². The van der Waals surface area contributed by atoms with Gasteiger partial charge in [-0.25, -0.2) is 0 Å². The second-order valence-corrected chi connectivity index (χ2v) is 3.89. The molecule has 0 bridgehead atoms. The smallest absolute Gasteiger partial charge is 0.406 e. The lowest BCUT2D eigenvalue weighted by atomic mass is 10.2. The summed E-state index contributed by atoms with van der Waals surface area (Å²) in [5, 5.41) is 2.57. The summed E-state index contributed by atoms with van der Waals surface area (Å²) < 4.78 is 39.7. The Balaban J connectivity index is 2.02. The zero-order valence-electron chi connectivity index (χ0n) is 10.1. The van der Waals surface area contributed by atoms with E-state index in [0.717, 1.165) is 12.1 Å². The first kappa shape index (κ1) is 13.9. The third kappa shape index (κ3) is 4.01. The van der Waals surface area contributed by atoms with Crippen molar-refractivity contribution in [1.82, 2.24) is 0 Å². The summed E-state index contributed by atoms with van der Waals surface area (Å²) in [4.78, 5) is 11.8. The normalized spacial score (nSPS) is 10.9. The summed E-state index contributed by atoms with van der Waals surface area (Å²) in [5.74, 6) is -0.676. The molecule has 1 N–H and O–H groups in total. The third-order valence-electron chi connectivity index (χ3n) is 2.38. The van der Waals surface area contributed by atoms with Crippen LogP contribution in [0.15, 0.2) is 54.6 Å². The molecule has 0 aromatic heterocycles. The molecule has 3 nitrogen and oxygen atoms in total. The van der Waals surface area contributed by atoms with Crippen LogP contribution in [-0.4, -0.2) is 12.3 Å². The fraction of sp³-hybridized carbons (Fsp3) is 0.0714. The molecule has 2 rings (SSSR count). The molecule has 0 spiro atoms. The summed E-state index contributed by atoms with van der Waals surface area (Å²) >= 11 is 0. The highest BCUT2D eigenvalue weighted by molar-refractivity contribution is 6.04. The maximum Gasteiger partial charge on any atom is 0.573 e. The van der Waals surface area contributed by atoms with E-state index in [0.29, 0.717) is 11.3 Å². The molecule has 1 amide bonds. The average molecular weight is 281 g/mol. The number of benzene rings is 2. The Morgan fingerprint density at radius 3 is 2.10 bits per heavy atom. The van der Waals surface area contributed by atoms with Gasteiger partial charge in [-0.2, -0.15) is 0 Å². The highest BCUT2D eigenvalue weighted by atomic mass is 19.4. The van der Waals surface area contributed by atoms with Gasteiger partial charge in [-0.05, 0) is 36.4 Å². The minimum absolute atomic E-state index is 0.338. The zero-order valence-corrected chi connectivity index (χ0v) is 10.1. The highest BCUT2D eigenvalue weighted by Crippen LogP contribution is 2.24. The van der Waals surface area contributed by atoms with E-state index in [1.807, 2.05) is 0 Å². The van der Waals surface area contributed by atoms with Crippen LogP contribution in [0, 0.1) is 0 Å². The van der Waals surface area contributed by atoms with Gasteiger partial charge in [-0.3, -0.25) is 4.79 Å². The van der Waals surface area contributed by atoms with Crippen molar-refractivity contribution in [2.24, 2.45) is 0 Å². The highest BCUT2D eigenvalue weighted by Gasteiger charge is 2.30. The summed E-state index contributed by atoms with van der Waals surface area (Å²) in [6, 6.07) is 13.4. The molecule has 0 radical (unpaired) electrons. The number of amides is 1. The molecule has 0 aliphatic carbocycles. The number of hydrogen-bond donors (Lipinski definition) is 1. The van der Waals surface area contributed by atoms with Crippen molar-refractivity contribution in [2.45, 2.75) is 6.36 Å². The molecule has 6 heteroatoms. The molecular formula is C14H10F3NO2. The first-order valence-corrected chi connectivity index (χ1v) is 5.66. The van der Waals surface area contributed by atoms with E-state index in [4.69, 9.17) is 0 Å². The van der Waals surface area contributed by atoms with Crippen molar-refractivity contribution >= 4 is 11.6 Å². The number of carbonyl (C=O) groups is 1. The van der Waals surface area contributed by atoms with E-state index in [-0.39, 0.29) is 11.7 Å². The van der Waals surface area contributed by atoms with Gasteiger partial charge in [0.2, 0.25) is 0 Å². The van der Waals surface area contributed by atoms with E-state index in [1.54, 1.807) is 30.3 Å². The van der Waals surface area contributed by atoms with Gasteiger partial charge in [-0.15, -0.1) is 13.2 Å². The topological polar surface area (TPSA) is 38.3 Å². The van der Waals surface area contributed by atoms with Crippen LogP contribution in [0.25, 0.3) is 0 Å². The number of nitrogens with one attached hydrogen (secondary N) is 1. The Bertz CT molecular complexity index is 580. The number of rotatable bonds is 3. The Hall–Kier alpha value is -2.50. The molecule has 0 atom stereocenters. The van der Waals surface area contributed by atoms with Gasteiger partial charge in [0.25, 0.3) is 5.91 Å². The van der Waals surface area contributed by atoms with Gasteiger partial charge in [-0.1, -0.05) is 18.2 Å². The molecule has 0 aliphatic heterocycles. The lowest BCUT2D eigenvalue weighted by Crippen LogP contribution is -2.17. The molecule has 0 fully saturated rings. The van der Waals surface area contributed by atoms with Crippen LogP contribution in [0.2, 0.25) is 0 Å². The van der Waals surface area contributed by atoms with Gasteiger partial charge < -0.3 is 10.1 Å². The van der Waals surface area contributed by atoms with Gasteiger partial charge >= 0.3 is 6.36 Å². The van der Waals surface area contributed by atoms with E-state index in [1.165, 1.54) is 12.1 Å². The fourth-order valence-electron chi connectivity index (χ4n) is 1.53. The Kier molecular flexibility index (Phi) is 3.93. The lowest BCUT2D eigenvalue weighted by Gasteiger charge is -2.10. The average Bonchev–Trinajstić information content (AvgIpc) is 2.40. The monoisotopic (exact) mass is 281 g/mol. The molecule has 2 aromatic rings. The van der Waals surface area contributed by atoms with Crippen molar-refractivity contribution in [3.05, 3.63) is 60.2 Å². The van der Waals surface area contributed by atoms with E-state index in [9.17, 15) is 18.0 Å². The van der Waals surface area contributed by atoms with Crippen LogP contribution in [0.5, 0.6) is 5.75 Å². The van der Waals surface area contributed by atoms with Crippen LogP contribution in [0.1, 0.15) is 10.4 Å². The van der Waals surface area contributed by atoms with Crippen molar-refractivity contribution < 1.29 is 22.7 Å². The van der Waals surface area contributed by atoms with Gasteiger partial charge in [0.1, 0.15) is 5.75 Å². The first-order chi connectivity index (χ1) is 9.44. The van der Waals surface area contributed by atoms with Crippen molar-refractivity contribution in [2.75, 3.05) is 5.32 Å². The largest absolute Gasteiger partial charge is 0.573 e. The maximum atomic E-state index is 12.0. The van der Waals surface area contributed by atoms with E-state index in [2.05, 4.69) is 10.1 Å². The van der Waals surface area contributed by atoms with E-state index >= 15 is 0 Å². The number of carbonyl (C=O) groups excluding carboxylic acids is 1. The van der Waals surface area contributed by atoms with Crippen molar-refractivity contribution in [1.29, 1.82) is 0 Å². The first-order valence-electron chi connectivity index (χ1n) is 5.66. The van der Waals surface area contributed by atoms with Crippen LogP contribution in [-0.2, 0) is 0 Å².